The third kappa shape index (κ3) is 1.13. The fourth-order valence-electron chi connectivity index (χ4n) is 2.42. The first kappa shape index (κ1) is 13.7. The Hall–Kier alpha value is 1.25. The lowest BCUT2D eigenvalue weighted by molar-refractivity contribution is -0.210. The summed E-state index contributed by atoms with van der Waals surface area (Å²) in [5.74, 6) is -1.07. The van der Waals surface area contributed by atoms with Gasteiger partial charge in [0.2, 0.25) is 5.79 Å². The van der Waals surface area contributed by atoms with Crippen LogP contribution in [0, 0.1) is 0 Å². The Morgan fingerprint density at radius 2 is 1.62 bits per heavy atom. The molecular formula is C9H8Br4O3. The number of hydrogen-bond acceptors (Lipinski definition) is 3. The SMILES string of the molecule is COC1(OC)[C@]2(Br)C(=O)C[C@@]1(Br)C(Br)=C2Br. The first-order chi connectivity index (χ1) is 7.31. The van der Waals surface area contributed by atoms with Crippen LogP contribution in [0.25, 0.3) is 0 Å². The van der Waals surface area contributed by atoms with E-state index in [-0.39, 0.29) is 5.78 Å². The first-order valence-corrected chi connectivity index (χ1v) is 7.56. The zero-order valence-corrected chi connectivity index (χ0v) is 14.8. The second kappa shape index (κ2) is 3.87. The predicted molar refractivity (Wildman–Crippen MR) is 74.6 cm³/mol. The van der Waals surface area contributed by atoms with Gasteiger partial charge in [0.25, 0.3) is 0 Å². The van der Waals surface area contributed by atoms with E-state index in [4.69, 9.17) is 9.47 Å². The highest BCUT2D eigenvalue weighted by molar-refractivity contribution is 9.16. The van der Waals surface area contributed by atoms with Crippen LogP contribution in [-0.4, -0.2) is 34.4 Å². The summed E-state index contributed by atoms with van der Waals surface area (Å²) in [5.41, 5.74) is 0. The van der Waals surface area contributed by atoms with Crippen molar-refractivity contribution < 1.29 is 14.3 Å². The fourth-order valence-corrected chi connectivity index (χ4v) is 6.81. The number of carbonyl (C=O) groups is 1. The van der Waals surface area contributed by atoms with Crippen LogP contribution < -0.4 is 0 Å². The molecule has 0 N–H and O–H groups in total. The number of ether oxygens (including phenoxy) is 2. The average Bonchev–Trinajstić information content (AvgIpc) is 2.50. The summed E-state index contributed by atoms with van der Waals surface area (Å²) >= 11 is 14.0. The van der Waals surface area contributed by atoms with Crippen molar-refractivity contribution in [3.8, 4) is 0 Å². The van der Waals surface area contributed by atoms with Crippen LogP contribution in [0.15, 0.2) is 8.96 Å². The maximum atomic E-state index is 12.1. The normalized spacial score (nSPS) is 41.0. The van der Waals surface area contributed by atoms with E-state index in [2.05, 4.69) is 63.7 Å². The molecule has 2 aliphatic carbocycles. The Morgan fingerprint density at radius 1 is 1.12 bits per heavy atom. The number of Topliss-reactive ketones (excluding diaryl/α,β-unsaturated/α-hetero) is 1. The van der Waals surface area contributed by atoms with Gasteiger partial charge < -0.3 is 9.47 Å². The number of alkyl halides is 2. The van der Waals surface area contributed by atoms with Gasteiger partial charge in [-0.05, 0) is 0 Å². The molecule has 0 amide bonds. The highest BCUT2D eigenvalue weighted by atomic mass is 79.9. The van der Waals surface area contributed by atoms with E-state index in [1.165, 1.54) is 14.2 Å². The molecule has 0 aromatic carbocycles. The van der Waals surface area contributed by atoms with Crippen molar-refractivity contribution >= 4 is 69.5 Å². The van der Waals surface area contributed by atoms with Crippen molar-refractivity contribution in [2.75, 3.05) is 14.2 Å². The monoisotopic (exact) mass is 480 g/mol. The van der Waals surface area contributed by atoms with E-state index < -0.39 is 14.4 Å². The van der Waals surface area contributed by atoms with Gasteiger partial charge in [0, 0.05) is 29.6 Å². The minimum absolute atomic E-state index is 0.0168. The smallest absolute Gasteiger partial charge is 0.216 e. The van der Waals surface area contributed by atoms with Crippen LogP contribution in [0.2, 0.25) is 0 Å². The molecule has 2 atom stereocenters. The third-order valence-corrected chi connectivity index (χ3v) is 9.40. The molecule has 0 spiro atoms. The highest BCUT2D eigenvalue weighted by Crippen LogP contribution is 2.70. The maximum Gasteiger partial charge on any atom is 0.216 e. The number of halogens is 4. The number of carbonyl (C=O) groups excluding carboxylic acids is 1. The average molecular weight is 484 g/mol. The van der Waals surface area contributed by atoms with Gasteiger partial charge in [0.05, 0.1) is 0 Å². The molecule has 0 radical (unpaired) electrons. The van der Waals surface area contributed by atoms with Crippen molar-refractivity contribution in [2.45, 2.75) is 20.9 Å². The van der Waals surface area contributed by atoms with E-state index >= 15 is 0 Å². The predicted octanol–water partition coefficient (Wildman–Crippen LogP) is 3.23. The second-order valence-electron chi connectivity index (χ2n) is 3.71. The van der Waals surface area contributed by atoms with E-state index in [0.29, 0.717) is 10.9 Å². The van der Waals surface area contributed by atoms with Gasteiger partial charge in [-0.15, -0.1) is 0 Å². The van der Waals surface area contributed by atoms with Crippen LogP contribution in [-0.2, 0) is 14.3 Å². The quantitative estimate of drug-likeness (QED) is 0.447. The Bertz CT molecular complexity index is 404. The van der Waals surface area contributed by atoms with E-state index in [1.54, 1.807) is 0 Å². The summed E-state index contributed by atoms with van der Waals surface area (Å²) in [6.45, 7) is 0. The van der Waals surface area contributed by atoms with E-state index in [1.807, 2.05) is 0 Å². The topological polar surface area (TPSA) is 35.5 Å². The van der Waals surface area contributed by atoms with Gasteiger partial charge in [-0.1, -0.05) is 63.7 Å². The molecule has 2 rings (SSSR count). The summed E-state index contributed by atoms with van der Waals surface area (Å²) in [5, 5.41) is 0. The lowest BCUT2D eigenvalue weighted by Gasteiger charge is -2.39. The van der Waals surface area contributed by atoms with Gasteiger partial charge in [-0.25, -0.2) is 0 Å². The van der Waals surface area contributed by atoms with Crippen molar-refractivity contribution in [1.82, 2.24) is 0 Å². The molecule has 0 saturated heterocycles. The summed E-state index contributed by atoms with van der Waals surface area (Å²) in [7, 11) is 3.06. The number of rotatable bonds is 2. The van der Waals surface area contributed by atoms with Crippen LogP contribution >= 0.6 is 63.7 Å². The number of hydrogen-bond donors (Lipinski definition) is 0. The molecule has 7 heteroatoms. The lowest BCUT2D eigenvalue weighted by atomic mass is 10.0. The molecule has 2 aliphatic rings. The summed E-state index contributed by atoms with van der Waals surface area (Å²) in [4.78, 5) is 12.1. The molecule has 16 heavy (non-hydrogen) atoms. The summed E-state index contributed by atoms with van der Waals surface area (Å²) in [6, 6.07) is 0. The molecule has 1 fully saturated rings. The van der Waals surface area contributed by atoms with Crippen molar-refractivity contribution in [3.63, 3.8) is 0 Å². The minimum atomic E-state index is -1.09. The Morgan fingerprint density at radius 3 is 1.94 bits per heavy atom. The van der Waals surface area contributed by atoms with Crippen molar-refractivity contribution in [3.05, 3.63) is 8.96 Å². The lowest BCUT2D eigenvalue weighted by Crippen LogP contribution is -2.56. The zero-order chi connectivity index (χ0) is 12.4. The van der Waals surface area contributed by atoms with Crippen LogP contribution in [0.4, 0.5) is 0 Å². The first-order valence-electron chi connectivity index (χ1n) is 4.39. The number of fused-ring (bicyclic) bond motifs is 2. The molecule has 2 bridgehead atoms. The van der Waals surface area contributed by atoms with Crippen LogP contribution in [0.5, 0.6) is 0 Å². The highest BCUT2D eigenvalue weighted by Gasteiger charge is 2.80. The zero-order valence-electron chi connectivity index (χ0n) is 8.44. The van der Waals surface area contributed by atoms with Gasteiger partial charge in [0.1, 0.15) is 4.32 Å². The minimum Gasteiger partial charge on any atom is -0.350 e. The molecule has 3 nitrogen and oxygen atoms in total. The van der Waals surface area contributed by atoms with Crippen molar-refractivity contribution in [1.29, 1.82) is 0 Å². The van der Waals surface area contributed by atoms with Crippen molar-refractivity contribution in [2.24, 2.45) is 0 Å². The Balaban J connectivity index is 2.75. The van der Waals surface area contributed by atoms with Crippen LogP contribution in [0.1, 0.15) is 6.42 Å². The maximum absolute atomic E-state index is 12.1. The molecule has 0 aromatic heterocycles. The van der Waals surface area contributed by atoms with Gasteiger partial charge >= 0.3 is 0 Å². The second-order valence-corrected chi connectivity index (χ2v) is 7.84. The van der Waals surface area contributed by atoms with E-state index in [9.17, 15) is 4.79 Å². The van der Waals surface area contributed by atoms with Gasteiger partial charge in [-0.2, -0.15) is 0 Å². The molecular weight excluding hydrogens is 476 g/mol. The largest absolute Gasteiger partial charge is 0.350 e. The molecule has 0 aliphatic heterocycles. The summed E-state index contributed by atoms with van der Waals surface area (Å²) in [6.07, 6.45) is 0.301. The number of ketones is 1. The standard InChI is InChI=1S/C9H8Br4O3/c1-15-9(16-2)7(12)3-4(14)8(9,13)6(11)5(7)10/h3H2,1-2H3/t7-,8+/m1/s1. The molecule has 0 unspecified atom stereocenters. The Labute approximate surface area is 127 Å². The van der Waals surface area contributed by atoms with Gasteiger partial charge in [0.15, 0.2) is 10.1 Å². The molecule has 90 valence electrons. The van der Waals surface area contributed by atoms with E-state index in [0.717, 1.165) is 4.48 Å². The fraction of sp³-hybridized carbons (Fsp3) is 0.667. The number of methoxy groups -OCH3 is 2. The molecule has 0 aromatic rings. The third-order valence-electron chi connectivity index (χ3n) is 3.18. The molecule has 1 saturated carbocycles. The van der Waals surface area contributed by atoms with Crippen LogP contribution in [0.3, 0.4) is 0 Å². The Kier molecular flexibility index (Phi) is 3.31. The summed E-state index contributed by atoms with van der Waals surface area (Å²) < 4.78 is 10.9. The molecule has 0 heterocycles. The van der Waals surface area contributed by atoms with Gasteiger partial charge in [-0.3, -0.25) is 4.79 Å².